The number of hydrogen-bond acceptors (Lipinski definition) is 4. The largest absolute Gasteiger partial charge is 0.428 e. The van der Waals surface area contributed by atoms with E-state index in [9.17, 15) is 10.4 Å². The van der Waals surface area contributed by atoms with Crippen molar-refractivity contribution in [3.05, 3.63) is 41.2 Å². The van der Waals surface area contributed by atoms with E-state index in [1.165, 1.54) is 4.73 Å². The molecule has 3 aliphatic rings. The van der Waals surface area contributed by atoms with Gasteiger partial charge in [0.2, 0.25) is 0 Å². The fourth-order valence-corrected chi connectivity index (χ4v) is 3.79. The van der Waals surface area contributed by atoms with Crippen LogP contribution in [0.1, 0.15) is 37.2 Å². The minimum atomic E-state index is -0.0782. The molecule has 118 valence electrons. The van der Waals surface area contributed by atoms with Gasteiger partial charge in [0, 0.05) is 16.5 Å². The van der Waals surface area contributed by atoms with Crippen LogP contribution in [0.2, 0.25) is 0 Å². The van der Waals surface area contributed by atoms with Crippen LogP contribution in [-0.4, -0.2) is 25.8 Å². The molecule has 2 N–H and O–H groups in total. The van der Waals surface area contributed by atoms with E-state index in [1.54, 1.807) is 0 Å². The van der Waals surface area contributed by atoms with Crippen LogP contribution in [0.25, 0.3) is 22.2 Å². The minimum absolute atomic E-state index is 0.0782. The third-order valence-corrected chi connectivity index (χ3v) is 4.80. The van der Waals surface area contributed by atoms with Crippen LogP contribution in [0.15, 0.2) is 29.4 Å². The van der Waals surface area contributed by atoms with Crippen molar-refractivity contribution in [2.75, 3.05) is 0 Å². The molecule has 1 aliphatic carbocycles. The topological polar surface area (TPSA) is 70.6 Å². The van der Waals surface area contributed by atoms with Gasteiger partial charge >= 0.3 is 0 Å². The number of oxime groups is 1. The van der Waals surface area contributed by atoms with Crippen molar-refractivity contribution >= 4 is 16.6 Å². The first-order valence-corrected chi connectivity index (χ1v) is 7.76. The number of para-hydroxylation sites is 1. The molecule has 0 unspecified atom stereocenters. The highest BCUT2D eigenvalue weighted by Crippen LogP contribution is 2.43. The van der Waals surface area contributed by atoms with Crippen LogP contribution >= 0.6 is 0 Å². The summed E-state index contributed by atoms with van der Waals surface area (Å²) in [6.45, 7) is 6.11. The Hall–Kier alpha value is -2.56. The lowest BCUT2D eigenvalue weighted by atomic mass is 9.74. The average Bonchev–Trinajstić information content (AvgIpc) is 2.90. The van der Waals surface area contributed by atoms with Crippen LogP contribution in [-0.2, 0) is 6.42 Å². The Morgan fingerprint density at radius 2 is 1.91 bits per heavy atom. The third-order valence-electron chi connectivity index (χ3n) is 4.80. The second-order valence-corrected chi connectivity index (χ2v) is 7.14. The fourth-order valence-electron chi connectivity index (χ4n) is 3.79. The van der Waals surface area contributed by atoms with Crippen molar-refractivity contribution in [2.24, 2.45) is 10.6 Å². The van der Waals surface area contributed by atoms with Crippen molar-refractivity contribution in [3.63, 3.8) is 0 Å². The third kappa shape index (κ3) is 1.86. The first-order chi connectivity index (χ1) is 10.9. The van der Waals surface area contributed by atoms with Crippen LogP contribution in [0.5, 0.6) is 0 Å². The van der Waals surface area contributed by atoms with Gasteiger partial charge in [-0.15, -0.1) is 0 Å². The van der Waals surface area contributed by atoms with Gasteiger partial charge in [0.25, 0.3) is 0 Å². The van der Waals surface area contributed by atoms with Crippen molar-refractivity contribution in [2.45, 2.75) is 33.6 Å². The molecule has 0 saturated carbocycles. The summed E-state index contributed by atoms with van der Waals surface area (Å²) in [6, 6.07) is 7.89. The zero-order valence-corrected chi connectivity index (χ0v) is 13.5. The molecular formula is C18H19N3O2. The smallest absolute Gasteiger partial charge is 0.0914 e. The molecule has 0 spiro atoms. The minimum Gasteiger partial charge on any atom is -0.428 e. The molecule has 1 aromatic carbocycles. The highest BCUT2D eigenvalue weighted by molar-refractivity contribution is 6.11. The Morgan fingerprint density at radius 1 is 1.17 bits per heavy atom. The molecule has 0 fully saturated rings. The number of pyridine rings is 1. The van der Waals surface area contributed by atoms with E-state index in [0.717, 1.165) is 39.1 Å². The first-order valence-electron chi connectivity index (χ1n) is 7.76. The lowest BCUT2D eigenvalue weighted by Crippen LogP contribution is -2.32. The zero-order chi connectivity index (χ0) is 16.4. The Kier molecular flexibility index (Phi) is 2.73. The van der Waals surface area contributed by atoms with Gasteiger partial charge in [-0.25, -0.2) is 4.98 Å². The molecule has 0 atom stereocenters. The zero-order valence-electron chi connectivity index (χ0n) is 13.5. The summed E-state index contributed by atoms with van der Waals surface area (Å²) in [5.41, 5.74) is 5.43. The van der Waals surface area contributed by atoms with Crippen LogP contribution in [0, 0.1) is 12.3 Å². The van der Waals surface area contributed by atoms with E-state index in [1.807, 2.05) is 31.2 Å². The van der Waals surface area contributed by atoms with Gasteiger partial charge in [-0.1, -0.05) is 37.2 Å². The molecule has 2 aliphatic heterocycles. The van der Waals surface area contributed by atoms with E-state index in [-0.39, 0.29) is 5.41 Å². The number of nitrogens with zero attached hydrogens (tertiary/aromatic N) is 3. The van der Waals surface area contributed by atoms with Gasteiger partial charge in [0.05, 0.1) is 28.3 Å². The summed E-state index contributed by atoms with van der Waals surface area (Å²) < 4.78 is 1.25. The van der Waals surface area contributed by atoms with Gasteiger partial charge in [-0.05, 0) is 31.2 Å². The molecule has 0 radical (unpaired) electrons. The predicted molar refractivity (Wildman–Crippen MR) is 88.7 cm³/mol. The second-order valence-electron chi connectivity index (χ2n) is 7.14. The van der Waals surface area contributed by atoms with Gasteiger partial charge in [-0.3, -0.25) is 0 Å². The van der Waals surface area contributed by atoms with Gasteiger partial charge in [-0.2, -0.15) is 4.73 Å². The maximum atomic E-state index is 10.7. The van der Waals surface area contributed by atoms with Crippen molar-refractivity contribution in [1.29, 1.82) is 0 Å². The molecule has 0 aromatic heterocycles. The predicted octanol–water partition coefficient (Wildman–Crippen LogP) is 3.84. The lowest BCUT2D eigenvalue weighted by molar-refractivity contribution is 0.158. The molecule has 2 heterocycles. The molecule has 0 amide bonds. The average molecular weight is 309 g/mol. The maximum absolute atomic E-state index is 10.7. The molecule has 0 saturated heterocycles. The highest BCUT2D eigenvalue weighted by Gasteiger charge is 2.37. The van der Waals surface area contributed by atoms with E-state index in [2.05, 4.69) is 19.0 Å². The van der Waals surface area contributed by atoms with Gasteiger partial charge in [0.1, 0.15) is 0 Å². The Labute approximate surface area is 134 Å². The maximum Gasteiger partial charge on any atom is 0.0914 e. The van der Waals surface area contributed by atoms with Crippen LogP contribution in [0.3, 0.4) is 0 Å². The molecule has 5 nitrogen and oxygen atoms in total. The molecular weight excluding hydrogens is 290 g/mol. The monoisotopic (exact) mass is 309 g/mol. The molecule has 1 aromatic rings. The van der Waals surface area contributed by atoms with Crippen molar-refractivity contribution in [1.82, 2.24) is 9.71 Å². The summed E-state index contributed by atoms with van der Waals surface area (Å²) in [7, 11) is 0. The van der Waals surface area contributed by atoms with Gasteiger partial charge in [0.15, 0.2) is 0 Å². The van der Waals surface area contributed by atoms with Crippen LogP contribution < -0.4 is 0 Å². The Morgan fingerprint density at radius 3 is 2.65 bits per heavy atom. The number of hydrogen-bond donors (Lipinski definition) is 2. The summed E-state index contributed by atoms with van der Waals surface area (Å²) in [5.74, 6) is 0. The fraction of sp³-hybridized carbons (Fsp3) is 0.333. The van der Waals surface area contributed by atoms with E-state index < -0.39 is 0 Å². The molecule has 5 heteroatoms. The summed E-state index contributed by atoms with van der Waals surface area (Å²) in [5, 5.41) is 24.8. The van der Waals surface area contributed by atoms with E-state index in [0.29, 0.717) is 18.6 Å². The van der Waals surface area contributed by atoms with Gasteiger partial charge < -0.3 is 10.4 Å². The summed E-state index contributed by atoms with van der Waals surface area (Å²) in [6.07, 6.45) is 1.36. The van der Waals surface area contributed by atoms with Crippen molar-refractivity contribution < 1.29 is 10.4 Å². The quantitative estimate of drug-likeness (QED) is 0.376. The first kappa shape index (κ1) is 14.1. The number of rotatable bonds is 0. The standard InChI is InChI=1S/C18H19N3O2/c1-10-15-11-6-4-5-7-12(11)19-17(15)16-13(20-22)8-18(2,3)9-14(16)21(10)23/h4-7,22-23H,8-9H2,1-3H3/b20-13-. The summed E-state index contributed by atoms with van der Waals surface area (Å²) in [4.78, 5) is 4.76. The Bertz CT molecular complexity index is 937. The lowest BCUT2D eigenvalue weighted by Gasteiger charge is -2.34. The summed E-state index contributed by atoms with van der Waals surface area (Å²) >= 11 is 0. The van der Waals surface area contributed by atoms with E-state index >= 15 is 0 Å². The number of benzene rings is 1. The second kappa shape index (κ2) is 4.47. The number of fused-ring (bicyclic) bond motifs is 5. The molecule has 0 bridgehead atoms. The van der Waals surface area contributed by atoms with Crippen molar-refractivity contribution in [3.8, 4) is 11.3 Å². The SMILES string of the molecule is Cc1c2c3ccccc3nc-2c2c(n1O)CC(C)(C)C/C2=N/O. The normalized spacial score (nSPS) is 18.7. The number of aromatic nitrogens is 2. The Balaban J connectivity index is 2.18. The van der Waals surface area contributed by atoms with Crippen LogP contribution in [0.4, 0.5) is 0 Å². The van der Waals surface area contributed by atoms with E-state index in [4.69, 9.17) is 4.98 Å². The molecule has 23 heavy (non-hydrogen) atoms. The highest BCUT2D eigenvalue weighted by atomic mass is 16.5. The molecule has 4 rings (SSSR count).